The number of hydrogen-bond acceptors (Lipinski definition) is 3. The van der Waals surface area contributed by atoms with E-state index in [9.17, 15) is 0 Å². The molecule has 2 N–H and O–H groups in total. The standard InChI is InChI=1S/C16H26N2O/c1-11(2)7-8-18(3)15-9-12-5-6-13(19-4)10-14(12)16(15)17/h5-6,10-11,15-16H,7-9,17H2,1-4H3. The highest BCUT2D eigenvalue weighted by Gasteiger charge is 2.32. The van der Waals surface area contributed by atoms with Gasteiger partial charge in [0.1, 0.15) is 5.75 Å². The maximum absolute atomic E-state index is 6.42. The van der Waals surface area contributed by atoms with Gasteiger partial charge in [0.05, 0.1) is 7.11 Å². The van der Waals surface area contributed by atoms with E-state index in [1.165, 1.54) is 17.5 Å². The van der Waals surface area contributed by atoms with Crippen LogP contribution in [0, 0.1) is 5.92 Å². The molecule has 106 valence electrons. The van der Waals surface area contributed by atoms with Crippen molar-refractivity contribution in [2.45, 2.75) is 38.8 Å². The molecule has 2 rings (SSSR count). The fourth-order valence-corrected chi connectivity index (χ4v) is 2.81. The second-order valence-corrected chi connectivity index (χ2v) is 6.03. The van der Waals surface area contributed by atoms with E-state index in [0.29, 0.717) is 6.04 Å². The van der Waals surface area contributed by atoms with Gasteiger partial charge < -0.3 is 15.4 Å². The van der Waals surface area contributed by atoms with E-state index >= 15 is 0 Å². The summed E-state index contributed by atoms with van der Waals surface area (Å²) in [6.45, 7) is 5.64. The number of fused-ring (bicyclic) bond motifs is 1. The second-order valence-electron chi connectivity index (χ2n) is 6.03. The predicted molar refractivity (Wildman–Crippen MR) is 79.5 cm³/mol. The van der Waals surface area contributed by atoms with E-state index in [2.05, 4.69) is 37.9 Å². The van der Waals surface area contributed by atoms with Crippen LogP contribution in [0.25, 0.3) is 0 Å². The van der Waals surface area contributed by atoms with Crippen LogP contribution in [-0.4, -0.2) is 31.6 Å². The Labute approximate surface area is 116 Å². The van der Waals surface area contributed by atoms with Gasteiger partial charge in [0.25, 0.3) is 0 Å². The van der Waals surface area contributed by atoms with Gasteiger partial charge >= 0.3 is 0 Å². The lowest BCUT2D eigenvalue weighted by atomic mass is 10.1. The normalized spacial score (nSPS) is 22.1. The molecule has 0 heterocycles. The summed E-state index contributed by atoms with van der Waals surface area (Å²) in [5.74, 6) is 1.64. The molecular weight excluding hydrogens is 236 g/mol. The van der Waals surface area contributed by atoms with Gasteiger partial charge in [0.15, 0.2) is 0 Å². The Morgan fingerprint density at radius 2 is 2.16 bits per heavy atom. The van der Waals surface area contributed by atoms with E-state index in [0.717, 1.165) is 24.6 Å². The van der Waals surface area contributed by atoms with Crippen molar-refractivity contribution in [2.24, 2.45) is 11.7 Å². The van der Waals surface area contributed by atoms with Crippen molar-refractivity contribution < 1.29 is 4.74 Å². The molecule has 0 aromatic heterocycles. The Kier molecular flexibility index (Phi) is 4.48. The van der Waals surface area contributed by atoms with Crippen LogP contribution in [0.4, 0.5) is 0 Å². The maximum atomic E-state index is 6.42. The highest BCUT2D eigenvalue weighted by molar-refractivity contribution is 5.42. The van der Waals surface area contributed by atoms with Gasteiger partial charge in [-0.05, 0) is 55.6 Å². The van der Waals surface area contributed by atoms with Crippen molar-refractivity contribution in [1.29, 1.82) is 0 Å². The van der Waals surface area contributed by atoms with Gasteiger partial charge in [0.2, 0.25) is 0 Å². The molecule has 1 aliphatic carbocycles. The summed E-state index contributed by atoms with van der Waals surface area (Å²) in [5, 5.41) is 0. The van der Waals surface area contributed by atoms with E-state index in [-0.39, 0.29) is 6.04 Å². The second kappa shape index (κ2) is 5.93. The van der Waals surface area contributed by atoms with Crippen LogP contribution in [0.15, 0.2) is 18.2 Å². The SMILES string of the molecule is COc1ccc2c(c1)C(N)C(N(C)CCC(C)C)C2. The minimum atomic E-state index is 0.0993. The Morgan fingerprint density at radius 1 is 1.42 bits per heavy atom. The fraction of sp³-hybridized carbons (Fsp3) is 0.625. The molecule has 2 atom stereocenters. The van der Waals surface area contributed by atoms with E-state index in [1.54, 1.807) is 7.11 Å². The van der Waals surface area contributed by atoms with Crippen molar-refractivity contribution in [3.8, 4) is 5.75 Å². The number of nitrogens with two attached hydrogens (primary N) is 1. The lowest BCUT2D eigenvalue weighted by Crippen LogP contribution is -2.39. The number of benzene rings is 1. The van der Waals surface area contributed by atoms with Crippen LogP contribution in [0.2, 0.25) is 0 Å². The highest BCUT2D eigenvalue weighted by atomic mass is 16.5. The number of methoxy groups -OCH3 is 1. The largest absolute Gasteiger partial charge is 0.497 e. The van der Waals surface area contributed by atoms with Crippen molar-refractivity contribution in [3.63, 3.8) is 0 Å². The molecule has 19 heavy (non-hydrogen) atoms. The Balaban J connectivity index is 2.07. The predicted octanol–water partition coefficient (Wildman–Crippen LogP) is 2.60. The van der Waals surface area contributed by atoms with E-state index in [4.69, 9.17) is 10.5 Å². The summed E-state index contributed by atoms with van der Waals surface area (Å²) in [5.41, 5.74) is 9.05. The first-order valence-electron chi connectivity index (χ1n) is 7.15. The number of likely N-dealkylation sites (N-methyl/N-ethyl adjacent to an activating group) is 1. The molecule has 0 aliphatic heterocycles. The number of nitrogens with zero attached hydrogens (tertiary/aromatic N) is 1. The first kappa shape index (κ1) is 14.4. The Morgan fingerprint density at radius 3 is 2.79 bits per heavy atom. The zero-order valence-corrected chi connectivity index (χ0v) is 12.5. The zero-order valence-electron chi connectivity index (χ0n) is 12.5. The maximum Gasteiger partial charge on any atom is 0.119 e. The third-order valence-corrected chi connectivity index (χ3v) is 4.18. The number of rotatable bonds is 5. The first-order chi connectivity index (χ1) is 9.02. The smallest absolute Gasteiger partial charge is 0.119 e. The van der Waals surface area contributed by atoms with Crippen LogP contribution < -0.4 is 10.5 Å². The van der Waals surface area contributed by atoms with Crippen LogP contribution in [0.1, 0.15) is 37.4 Å². The fourth-order valence-electron chi connectivity index (χ4n) is 2.81. The van der Waals surface area contributed by atoms with E-state index < -0.39 is 0 Å². The van der Waals surface area contributed by atoms with Gasteiger partial charge in [-0.1, -0.05) is 19.9 Å². The lowest BCUT2D eigenvalue weighted by molar-refractivity contribution is 0.211. The van der Waals surface area contributed by atoms with Gasteiger partial charge in [-0.15, -0.1) is 0 Å². The quantitative estimate of drug-likeness (QED) is 0.886. The molecule has 0 fully saturated rings. The molecule has 0 radical (unpaired) electrons. The van der Waals surface area contributed by atoms with Crippen LogP contribution in [0.3, 0.4) is 0 Å². The van der Waals surface area contributed by atoms with Crippen LogP contribution in [-0.2, 0) is 6.42 Å². The molecular formula is C16H26N2O. The van der Waals surface area contributed by atoms with Gasteiger partial charge in [-0.25, -0.2) is 0 Å². The van der Waals surface area contributed by atoms with Crippen LogP contribution >= 0.6 is 0 Å². The third kappa shape index (κ3) is 3.10. The van der Waals surface area contributed by atoms with Crippen molar-refractivity contribution in [2.75, 3.05) is 20.7 Å². The van der Waals surface area contributed by atoms with Gasteiger partial charge in [-0.2, -0.15) is 0 Å². The molecule has 1 aromatic rings. The number of ether oxygens (including phenoxy) is 1. The molecule has 0 saturated carbocycles. The average Bonchev–Trinajstić information content (AvgIpc) is 2.73. The van der Waals surface area contributed by atoms with E-state index in [1.807, 2.05) is 6.07 Å². The van der Waals surface area contributed by atoms with Gasteiger partial charge in [-0.3, -0.25) is 0 Å². The summed E-state index contributed by atoms with van der Waals surface area (Å²) in [6, 6.07) is 6.80. The molecule has 2 unspecified atom stereocenters. The molecule has 0 saturated heterocycles. The summed E-state index contributed by atoms with van der Waals surface area (Å²) in [4.78, 5) is 2.41. The Hall–Kier alpha value is -1.06. The lowest BCUT2D eigenvalue weighted by Gasteiger charge is -2.28. The topological polar surface area (TPSA) is 38.5 Å². The van der Waals surface area contributed by atoms with Crippen LogP contribution in [0.5, 0.6) is 5.75 Å². The van der Waals surface area contributed by atoms with Crippen molar-refractivity contribution in [3.05, 3.63) is 29.3 Å². The minimum absolute atomic E-state index is 0.0993. The molecule has 1 aromatic carbocycles. The third-order valence-electron chi connectivity index (χ3n) is 4.18. The zero-order chi connectivity index (χ0) is 14.0. The Bertz CT molecular complexity index is 431. The summed E-state index contributed by atoms with van der Waals surface area (Å²) in [6.07, 6.45) is 2.27. The van der Waals surface area contributed by atoms with Crippen molar-refractivity contribution in [1.82, 2.24) is 4.90 Å². The molecule has 3 nitrogen and oxygen atoms in total. The molecule has 0 amide bonds. The summed E-state index contributed by atoms with van der Waals surface area (Å²) < 4.78 is 5.29. The molecule has 1 aliphatic rings. The first-order valence-corrected chi connectivity index (χ1v) is 7.15. The summed E-state index contributed by atoms with van der Waals surface area (Å²) in [7, 11) is 3.89. The van der Waals surface area contributed by atoms with Crippen molar-refractivity contribution >= 4 is 0 Å². The molecule has 0 bridgehead atoms. The molecule has 0 spiro atoms. The average molecular weight is 262 g/mol. The number of hydrogen-bond donors (Lipinski definition) is 1. The van der Waals surface area contributed by atoms with Gasteiger partial charge in [0, 0.05) is 12.1 Å². The monoisotopic (exact) mass is 262 g/mol. The highest BCUT2D eigenvalue weighted by Crippen LogP contribution is 2.34. The molecule has 3 heteroatoms. The summed E-state index contributed by atoms with van der Waals surface area (Å²) >= 11 is 0. The minimum Gasteiger partial charge on any atom is -0.497 e.